The molecular weight excluding hydrogens is 424 g/mol. The van der Waals surface area contributed by atoms with E-state index in [0.29, 0.717) is 17.9 Å². The van der Waals surface area contributed by atoms with Crippen LogP contribution in [0.4, 0.5) is 5.82 Å². The van der Waals surface area contributed by atoms with E-state index in [4.69, 9.17) is 9.72 Å². The molecule has 4 rings (SSSR count). The monoisotopic (exact) mass is 445 g/mol. The van der Waals surface area contributed by atoms with E-state index in [1.165, 1.54) is 19.3 Å². The van der Waals surface area contributed by atoms with E-state index in [9.17, 15) is 0 Å². The van der Waals surface area contributed by atoms with Gasteiger partial charge in [-0.3, -0.25) is 0 Å². The predicted molar refractivity (Wildman–Crippen MR) is 102 cm³/mol. The van der Waals surface area contributed by atoms with E-state index in [0.717, 1.165) is 42.4 Å². The van der Waals surface area contributed by atoms with Crippen molar-refractivity contribution in [3.63, 3.8) is 0 Å². The molecule has 23 heavy (non-hydrogen) atoms. The smallest absolute Gasteiger partial charge is 0.183 e. The number of aromatic nitrogens is 4. The summed E-state index contributed by atoms with van der Waals surface area (Å²) in [5, 5.41) is 4.52. The number of rotatable bonds is 2. The molecule has 0 N–H and O–H groups in total. The molecule has 6 nitrogen and oxygen atoms in total. The second-order valence-corrected chi connectivity index (χ2v) is 8.83. The lowest BCUT2D eigenvalue weighted by atomic mass is 9.77. The SMILES string of the molecule is Cc1nn(PI)c2nc(N3CCC4(CC3)CO[C@@H](C)C4)cnc12. The second-order valence-electron chi connectivity index (χ2n) is 6.79. The minimum absolute atomic E-state index is 0.398. The molecule has 4 heterocycles. The number of aryl methyl sites for hydroxylation is 1. The maximum atomic E-state index is 5.82. The van der Waals surface area contributed by atoms with Crippen LogP contribution in [0.1, 0.15) is 31.9 Å². The molecule has 0 saturated carbocycles. The molecule has 0 aromatic carbocycles. The molecule has 2 atom stereocenters. The summed E-state index contributed by atoms with van der Waals surface area (Å²) in [6, 6.07) is 0. The van der Waals surface area contributed by atoms with Gasteiger partial charge in [0.2, 0.25) is 0 Å². The maximum absolute atomic E-state index is 5.82. The van der Waals surface area contributed by atoms with Crippen LogP contribution < -0.4 is 4.90 Å². The molecule has 2 fully saturated rings. The molecule has 0 radical (unpaired) electrons. The van der Waals surface area contributed by atoms with Crippen LogP contribution in [0.15, 0.2) is 6.20 Å². The molecule has 0 amide bonds. The number of nitrogens with zero attached hydrogens (tertiary/aromatic N) is 5. The number of anilines is 1. The first-order valence-electron chi connectivity index (χ1n) is 8.06. The van der Waals surface area contributed by atoms with Crippen LogP contribution in [0, 0.1) is 12.3 Å². The van der Waals surface area contributed by atoms with Gasteiger partial charge in [0.05, 0.1) is 31.0 Å². The Hall–Kier alpha value is -0.530. The zero-order valence-electron chi connectivity index (χ0n) is 13.4. The van der Waals surface area contributed by atoms with Gasteiger partial charge in [-0.15, -0.1) is 0 Å². The van der Waals surface area contributed by atoms with Crippen molar-refractivity contribution in [2.75, 3.05) is 24.6 Å². The maximum Gasteiger partial charge on any atom is 0.183 e. The standard InChI is InChI=1S/C15H21IN5OP/c1-10-7-15(9-22-10)3-5-20(6-4-15)12-8-17-13-11(2)19-21(23-16)14(13)18-12/h8,10,23H,3-7,9H2,1-2H3/t10-/m0/s1. The van der Waals surface area contributed by atoms with Gasteiger partial charge in [-0.2, -0.15) is 5.10 Å². The van der Waals surface area contributed by atoms with Crippen molar-refractivity contribution in [2.24, 2.45) is 5.41 Å². The van der Waals surface area contributed by atoms with Gasteiger partial charge in [-0.05, 0) is 60.6 Å². The Morgan fingerprint density at radius 2 is 2.17 bits per heavy atom. The molecular formula is C15H21IN5OP. The molecule has 2 aromatic rings. The Balaban J connectivity index is 1.56. The third-order valence-electron chi connectivity index (χ3n) is 5.16. The lowest BCUT2D eigenvalue weighted by molar-refractivity contribution is 0.0976. The lowest BCUT2D eigenvalue weighted by Crippen LogP contribution is -2.41. The highest BCUT2D eigenvalue weighted by atomic mass is 127. The van der Waals surface area contributed by atoms with Gasteiger partial charge in [-0.25, -0.2) is 14.4 Å². The number of hydrogen-bond acceptors (Lipinski definition) is 5. The van der Waals surface area contributed by atoms with Crippen molar-refractivity contribution in [1.29, 1.82) is 0 Å². The van der Waals surface area contributed by atoms with E-state index in [1.807, 2.05) is 17.6 Å². The summed E-state index contributed by atoms with van der Waals surface area (Å²) >= 11 is 2.34. The third kappa shape index (κ3) is 2.85. The fraction of sp³-hybridized carbons (Fsp3) is 0.667. The number of ether oxygens (including phenoxy) is 1. The molecule has 0 bridgehead atoms. The fourth-order valence-electron chi connectivity index (χ4n) is 3.83. The molecule has 2 aliphatic rings. The predicted octanol–water partition coefficient (Wildman–Crippen LogP) is 3.32. The van der Waals surface area contributed by atoms with Crippen molar-refractivity contribution in [1.82, 2.24) is 19.5 Å². The first-order chi connectivity index (χ1) is 11.1. The summed E-state index contributed by atoms with van der Waals surface area (Å²) < 4.78 is 7.78. The van der Waals surface area contributed by atoms with Crippen LogP contribution in [-0.4, -0.2) is 45.3 Å². The minimum atomic E-state index is 0.398. The van der Waals surface area contributed by atoms with E-state index < -0.39 is 0 Å². The summed E-state index contributed by atoms with van der Waals surface area (Å²) in [6.07, 6.45) is 6.44. The minimum Gasteiger partial charge on any atom is -0.378 e. The van der Waals surface area contributed by atoms with E-state index in [-0.39, 0.29) is 0 Å². The van der Waals surface area contributed by atoms with Crippen LogP contribution in [0.2, 0.25) is 0 Å². The Kier molecular flexibility index (Phi) is 4.22. The Labute approximate surface area is 150 Å². The van der Waals surface area contributed by atoms with Crippen LogP contribution in [-0.2, 0) is 4.74 Å². The molecule has 2 aromatic heterocycles. The zero-order chi connectivity index (χ0) is 16.0. The van der Waals surface area contributed by atoms with Crippen molar-refractivity contribution in [3.8, 4) is 0 Å². The number of halogens is 1. The topological polar surface area (TPSA) is 56.1 Å². The summed E-state index contributed by atoms with van der Waals surface area (Å²) in [4.78, 5) is 11.8. The van der Waals surface area contributed by atoms with Crippen molar-refractivity contribution in [3.05, 3.63) is 11.9 Å². The van der Waals surface area contributed by atoms with E-state index >= 15 is 0 Å². The van der Waals surface area contributed by atoms with Crippen molar-refractivity contribution < 1.29 is 4.74 Å². The van der Waals surface area contributed by atoms with Crippen LogP contribution in [0.25, 0.3) is 11.2 Å². The fourth-order valence-corrected chi connectivity index (χ4v) is 5.27. The van der Waals surface area contributed by atoms with Gasteiger partial charge in [0.25, 0.3) is 0 Å². The first-order valence-corrected chi connectivity index (χ1v) is 12.1. The average molecular weight is 445 g/mol. The van der Waals surface area contributed by atoms with E-state index in [1.54, 1.807) is 0 Å². The van der Waals surface area contributed by atoms with Gasteiger partial charge < -0.3 is 9.64 Å². The average Bonchev–Trinajstić information content (AvgIpc) is 3.08. The number of piperidine rings is 1. The van der Waals surface area contributed by atoms with E-state index in [2.05, 4.69) is 43.9 Å². The highest BCUT2D eigenvalue weighted by molar-refractivity contribution is 14.2. The second kappa shape index (κ2) is 6.08. The summed E-state index contributed by atoms with van der Waals surface area (Å²) in [5.41, 5.74) is 3.18. The van der Waals surface area contributed by atoms with Crippen LogP contribution >= 0.6 is 28.4 Å². The van der Waals surface area contributed by atoms with Gasteiger partial charge in [0.15, 0.2) is 5.65 Å². The zero-order valence-corrected chi connectivity index (χ0v) is 16.6. The Morgan fingerprint density at radius 3 is 2.83 bits per heavy atom. The summed E-state index contributed by atoms with van der Waals surface area (Å²) in [6.45, 7) is 7.19. The van der Waals surface area contributed by atoms with Gasteiger partial charge >= 0.3 is 0 Å². The Morgan fingerprint density at radius 1 is 1.39 bits per heavy atom. The first kappa shape index (κ1) is 16.0. The van der Waals surface area contributed by atoms with Crippen molar-refractivity contribution in [2.45, 2.75) is 39.2 Å². The molecule has 1 unspecified atom stereocenters. The van der Waals surface area contributed by atoms with Crippen molar-refractivity contribution >= 4 is 45.4 Å². The van der Waals surface area contributed by atoms with Gasteiger partial charge in [-0.1, -0.05) is 0 Å². The Bertz CT molecular complexity index is 728. The summed E-state index contributed by atoms with van der Waals surface area (Å²) in [5.74, 6) is 0.982. The largest absolute Gasteiger partial charge is 0.378 e. The van der Waals surface area contributed by atoms with Crippen LogP contribution in [0.5, 0.6) is 0 Å². The number of hydrogen-bond donors (Lipinski definition) is 0. The normalized spacial score (nSPS) is 24.5. The highest BCUT2D eigenvalue weighted by Crippen LogP contribution is 2.42. The number of fused-ring (bicyclic) bond motifs is 1. The molecule has 8 heteroatoms. The van der Waals surface area contributed by atoms with Crippen LogP contribution in [0.3, 0.4) is 0 Å². The van der Waals surface area contributed by atoms with Gasteiger partial charge in [0, 0.05) is 13.1 Å². The molecule has 1 spiro atoms. The molecule has 0 aliphatic carbocycles. The highest BCUT2D eigenvalue weighted by Gasteiger charge is 2.41. The molecule has 2 aliphatic heterocycles. The molecule has 2 saturated heterocycles. The lowest BCUT2D eigenvalue weighted by Gasteiger charge is -2.38. The quantitative estimate of drug-likeness (QED) is 0.525. The molecule has 124 valence electrons. The summed E-state index contributed by atoms with van der Waals surface area (Å²) in [7, 11) is 0. The third-order valence-corrected chi connectivity index (χ3v) is 7.00. The van der Waals surface area contributed by atoms with Gasteiger partial charge in [0.1, 0.15) is 11.3 Å².